The molecule has 2 aliphatic rings. The van der Waals surface area contributed by atoms with E-state index in [1.165, 1.54) is 6.42 Å². The smallest absolute Gasteiger partial charge is 0.273 e. The van der Waals surface area contributed by atoms with Crippen molar-refractivity contribution in [2.24, 2.45) is 0 Å². The zero-order valence-electron chi connectivity index (χ0n) is 20.8. The van der Waals surface area contributed by atoms with Crippen LogP contribution in [0.1, 0.15) is 60.0 Å². The highest BCUT2D eigenvalue weighted by Gasteiger charge is 2.35. The molecular formula is C27H33N7O. The molecule has 5 rings (SSSR count). The van der Waals surface area contributed by atoms with Gasteiger partial charge in [-0.2, -0.15) is 0 Å². The summed E-state index contributed by atoms with van der Waals surface area (Å²) in [6.07, 6.45) is 7.18. The highest BCUT2D eigenvalue weighted by Crippen LogP contribution is 2.38. The molecule has 2 aliphatic heterocycles. The van der Waals surface area contributed by atoms with Crippen LogP contribution in [0.25, 0.3) is 11.1 Å². The average molecular weight is 472 g/mol. The summed E-state index contributed by atoms with van der Waals surface area (Å²) in [5.41, 5.74) is 4.20. The summed E-state index contributed by atoms with van der Waals surface area (Å²) < 4.78 is 0. The maximum atomic E-state index is 13.8. The Morgan fingerprint density at radius 1 is 0.971 bits per heavy atom. The van der Waals surface area contributed by atoms with Crippen molar-refractivity contribution in [2.75, 3.05) is 43.5 Å². The summed E-state index contributed by atoms with van der Waals surface area (Å²) in [6, 6.07) is 11.8. The molecule has 8 nitrogen and oxygen atoms in total. The van der Waals surface area contributed by atoms with Crippen molar-refractivity contribution in [3.05, 3.63) is 59.7 Å². The second kappa shape index (κ2) is 9.98. The minimum Gasteiger partial charge on any atom is -0.347 e. The molecule has 3 aromatic rings. The summed E-state index contributed by atoms with van der Waals surface area (Å²) in [5.74, 6) is 1.26. The van der Waals surface area contributed by atoms with Gasteiger partial charge in [-0.3, -0.25) is 4.79 Å². The Balaban J connectivity index is 1.51. The van der Waals surface area contributed by atoms with Gasteiger partial charge < -0.3 is 14.7 Å². The Kier molecular flexibility index (Phi) is 6.61. The number of likely N-dealkylation sites (tertiary alicyclic amines) is 1. The molecule has 0 bridgehead atoms. The van der Waals surface area contributed by atoms with E-state index in [0.717, 1.165) is 61.3 Å². The molecule has 0 radical (unpaired) electrons. The van der Waals surface area contributed by atoms with Gasteiger partial charge in [0.15, 0.2) is 0 Å². The standard InChI is InChI=1S/C27H33N7O/c1-19-17-22(30-27(29-19)33-14-8-5-9-15-33)25(35)34-16-10-13-23(34)24-21(20-11-6-4-7-12-20)18-28-26(31-24)32(2)3/h4,6-7,11-12,17-18,23H,5,8-10,13-16H2,1-3H3. The second-order valence-corrected chi connectivity index (χ2v) is 9.63. The van der Waals surface area contributed by atoms with Crippen LogP contribution < -0.4 is 9.80 Å². The van der Waals surface area contributed by atoms with E-state index in [2.05, 4.69) is 27.0 Å². The van der Waals surface area contributed by atoms with Crippen LogP contribution in [0, 0.1) is 6.92 Å². The monoisotopic (exact) mass is 471 g/mol. The number of amides is 1. The van der Waals surface area contributed by atoms with E-state index in [-0.39, 0.29) is 11.9 Å². The van der Waals surface area contributed by atoms with Crippen LogP contribution in [-0.2, 0) is 0 Å². The van der Waals surface area contributed by atoms with E-state index in [9.17, 15) is 4.79 Å². The largest absolute Gasteiger partial charge is 0.347 e. The third-order valence-electron chi connectivity index (χ3n) is 6.82. The quantitative estimate of drug-likeness (QED) is 0.550. The lowest BCUT2D eigenvalue weighted by Gasteiger charge is -2.28. The highest BCUT2D eigenvalue weighted by molar-refractivity contribution is 5.93. The first kappa shape index (κ1) is 23.2. The molecule has 8 heteroatoms. The van der Waals surface area contributed by atoms with E-state index in [0.29, 0.717) is 24.1 Å². The first-order chi connectivity index (χ1) is 17.0. The van der Waals surface area contributed by atoms with Crippen LogP contribution in [0.3, 0.4) is 0 Å². The third kappa shape index (κ3) is 4.83. The number of benzene rings is 1. The van der Waals surface area contributed by atoms with Gasteiger partial charge in [-0.05, 0) is 50.7 Å². The number of anilines is 2. The molecule has 2 saturated heterocycles. The van der Waals surface area contributed by atoms with E-state index in [1.807, 2.05) is 61.3 Å². The topological polar surface area (TPSA) is 78.4 Å². The molecule has 1 aromatic carbocycles. The molecule has 4 heterocycles. The van der Waals surface area contributed by atoms with Gasteiger partial charge in [0, 0.05) is 51.2 Å². The molecule has 0 aliphatic carbocycles. The Morgan fingerprint density at radius 3 is 2.49 bits per heavy atom. The van der Waals surface area contributed by atoms with Crippen LogP contribution in [-0.4, -0.2) is 64.5 Å². The fourth-order valence-corrected chi connectivity index (χ4v) is 5.03. The maximum absolute atomic E-state index is 13.8. The molecule has 2 fully saturated rings. The zero-order valence-corrected chi connectivity index (χ0v) is 20.8. The molecule has 0 spiro atoms. The van der Waals surface area contributed by atoms with Crippen LogP contribution in [0.5, 0.6) is 0 Å². The molecule has 1 unspecified atom stereocenters. The van der Waals surface area contributed by atoms with E-state index >= 15 is 0 Å². The Hall–Kier alpha value is -3.55. The lowest BCUT2D eigenvalue weighted by molar-refractivity contribution is 0.0727. The maximum Gasteiger partial charge on any atom is 0.273 e. The summed E-state index contributed by atoms with van der Waals surface area (Å²) in [6.45, 7) is 4.51. The molecule has 1 atom stereocenters. The summed E-state index contributed by atoms with van der Waals surface area (Å²) in [4.78, 5) is 38.8. The predicted octanol–water partition coefficient (Wildman–Crippen LogP) is 4.28. The number of aromatic nitrogens is 4. The summed E-state index contributed by atoms with van der Waals surface area (Å²) >= 11 is 0. The zero-order chi connectivity index (χ0) is 24.4. The first-order valence-corrected chi connectivity index (χ1v) is 12.5. The number of hydrogen-bond donors (Lipinski definition) is 0. The second-order valence-electron chi connectivity index (χ2n) is 9.63. The minimum atomic E-state index is -0.131. The van der Waals surface area contributed by atoms with Crippen molar-refractivity contribution in [3.8, 4) is 11.1 Å². The summed E-state index contributed by atoms with van der Waals surface area (Å²) in [5, 5.41) is 0. The molecular weight excluding hydrogens is 438 g/mol. The number of hydrogen-bond acceptors (Lipinski definition) is 7. The van der Waals surface area contributed by atoms with Crippen LogP contribution >= 0.6 is 0 Å². The van der Waals surface area contributed by atoms with Gasteiger partial charge >= 0.3 is 0 Å². The van der Waals surface area contributed by atoms with Crippen molar-refractivity contribution in [1.29, 1.82) is 0 Å². The molecule has 1 amide bonds. The van der Waals surface area contributed by atoms with Crippen LogP contribution in [0.4, 0.5) is 11.9 Å². The van der Waals surface area contributed by atoms with Crippen molar-refractivity contribution in [2.45, 2.75) is 45.1 Å². The number of nitrogens with zero attached hydrogens (tertiary/aromatic N) is 7. The van der Waals surface area contributed by atoms with E-state index < -0.39 is 0 Å². The fraction of sp³-hybridized carbons (Fsp3) is 0.444. The number of carbonyl (C=O) groups excluding carboxylic acids is 1. The number of piperidine rings is 1. The third-order valence-corrected chi connectivity index (χ3v) is 6.82. The lowest BCUT2D eigenvalue weighted by Crippen LogP contribution is -2.34. The van der Waals surface area contributed by atoms with Gasteiger partial charge in [0.05, 0.1) is 11.7 Å². The van der Waals surface area contributed by atoms with Crippen molar-refractivity contribution >= 4 is 17.8 Å². The summed E-state index contributed by atoms with van der Waals surface area (Å²) in [7, 11) is 3.87. The normalized spacial score (nSPS) is 18.1. The average Bonchev–Trinajstić information content (AvgIpc) is 3.38. The lowest BCUT2D eigenvalue weighted by atomic mass is 9.99. The minimum absolute atomic E-state index is 0.0553. The van der Waals surface area contributed by atoms with Crippen molar-refractivity contribution in [3.63, 3.8) is 0 Å². The Morgan fingerprint density at radius 2 is 1.74 bits per heavy atom. The molecule has 0 N–H and O–H groups in total. The Bertz CT molecular complexity index is 1190. The van der Waals surface area contributed by atoms with Gasteiger partial charge in [-0.15, -0.1) is 0 Å². The number of rotatable bonds is 5. The van der Waals surface area contributed by atoms with Crippen molar-refractivity contribution in [1.82, 2.24) is 24.8 Å². The SMILES string of the molecule is Cc1cc(C(=O)N2CCCC2c2nc(N(C)C)ncc2-c2ccccc2)nc(N2CCCCC2)n1. The van der Waals surface area contributed by atoms with E-state index in [1.54, 1.807) is 0 Å². The van der Waals surface area contributed by atoms with Crippen LogP contribution in [0.2, 0.25) is 0 Å². The van der Waals surface area contributed by atoms with Gasteiger partial charge in [-0.1, -0.05) is 30.3 Å². The van der Waals surface area contributed by atoms with Gasteiger partial charge in [0.2, 0.25) is 11.9 Å². The number of carbonyl (C=O) groups is 1. The Labute approximate surface area is 207 Å². The van der Waals surface area contributed by atoms with Gasteiger partial charge in [-0.25, -0.2) is 19.9 Å². The molecule has 0 saturated carbocycles. The van der Waals surface area contributed by atoms with E-state index in [4.69, 9.17) is 9.97 Å². The molecule has 182 valence electrons. The van der Waals surface area contributed by atoms with Gasteiger partial charge in [0.1, 0.15) is 5.69 Å². The van der Waals surface area contributed by atoms with Crippen LogP contribution in [0.15, 0.2) is 42.6 Å². The molecule has 2 aromatic heterocycles. The van der Waals surface area contributed by atoms with Crippen molar-refractivity contribution < 1.29 is 4.79 Å². The van der Waals surface area contributed by atoms with Gasteiger partial charge in [0.25, 0.3) is 5.91 Å². The molecule has 35 heavy (non-hydrogen) atoms. The predicted molar refractivity (Wildman–Crippen MR) is 138 cm³/mol. The first-order valence-electron chi connectivity index (χ1n) is 12.5. The fourth-order valence-electron chi connectivity index (χ4n) is 5.03. The highest BCUT2D eigenvalue weighted by atomic mass is 16.2. The number of aryl methyl sites for hydroxylation is 1.